The molecule has 15 heavy (non-hydrogen) atoms. The number of hydrogen-bond donors (Lipinski definition) is 1. The molecule has 0 saturated heterocycles. The number of aliphatic hydroxyl groups is 1. The van der Waals surface area contributed by atoms with Crippen LogP contribution in [0.2, 0.25) is 0 Å². The first kappa shape index (κ1) is 12.1. The van der Waals surface area contributed by atoms with Crippen LogP contribution in [-0.2, 0) is 9.53 Å². The number of esters is 1. The predicted octanol–water partition coefficient (Wildman–Crippen LogP) is 3.11. The van der Waals surface area contributed by atoms with Crippen LogP contribution >= 0.6 is 0 Å². The normalized spacial score (nSPS) is 15.9. The van der Waals surface area contributed by atoms with Crippen molar-refractivity contribution in [2.24, 2.45) is 0 Å². The van der Waals surface area contributed by atoms with Crippen LogP contribution in [0.25, 0.3) is 0 Å². The quantitative estimate of drug-likeness (QED) is 0.521. The highest BCUT2D eigenvalue weighted by Gasteiger charge is 2.23. The minimum atomic E-state index is -0.332. The number of hydrogen-bond acceptors (Lipinski definition) is 3. The van der Waals surface area contributed by atoms with Gasteiger partial charge in [0.2, 0.25) is 0 Å². The van der Waals surface area contributed by atoms with Crippen LogP contribution in [0.1, 0.15) is 51.9 Å². The molecule has 0 aromatic heterocycles. The third-order valence-electron chi connectivity index (χ3n) is 2.72. The molecular weight excluding hydrogens is 192 g/mol. The first-order chi connectivity index (χ1) is 7.25. The number of unbranched alkanes of at least 4 members (excludes halogenated alkanes) is 5. The Morgan fingerprint density at radius 3 is 2.47 bits per heavy atom. The Kier molecular flexibility index (Phi) is 5.22. The summed E-state index contributed by atoms with van der Waals surface area (Å²) >= 11 is 0. The molecule has 3 nitrogen and oxygen atoms in total. The lowest BCUT2D eigenvalue weighted by Gasteiger charge is -2.00. The van der Waals surface area contributed by atoms with Gasteiger partial charge in [-0.15, -0.1) is 0 Å². The first-order valence-electron chi connectivity index (χ1n) is 5.83. The first-order valence-corrected chi connectivity index (χ1v) is 5.83. The third-order valence-corrected chi connectivity index (χ3v) is 2.72. The molecule has 0 fully saturated rings. The summed E-state index contributed by atoms with van der Waals surface area (Å²) in [5.74, 6) is -0.199. The predicted molar refractivity (Wildman–Crippen MR) is 58.6 cm³/mol. The van der Waals surface area contributed by atoms with Gasteiger partial charge in [0, 0.05) is 0 Å². The molecule has 86 valence electrons. The smallest absolute Gasteiger partial charge is 0.337 e. The van der Waals surface area contributed by atoms with Gasteiger partial charge in [0.25, 0.3) is 0 Å². The van der Waals surface area contributed by atoms with Crippen LogP contribution < -0.4 is 0 Å². The van der Waals surface area contributed by atoms with Crippen molar-refractivity contribution in [1.82, 2.24) is 0 Å². The van der Waals surface area contributed by atoms with E-state index in [0.717, 1.165) is 12.8 Å². The fourth-order valence-corrected chi connectivity index (χ4v) is 1.75. The van der Waals surface area contributed by atoms with Gasteiger partial charge in [-0.1, -0.05) is 39.0 Å². The molecule has 0 unspecified atom stereocenters. The monoisotopic (exact) mass is 212 g/mol. The molecule has 0 spiro atoms. The second-order valence-electron chi connectivity index (χ2n) is 4.02. The molecule has 0 aromatic rings. The van der Waals surface area contributed by atoms with Gasteiger partial charge in [0.05, 0.1) is 5.57 Å². The molecule has 1 rings (SSSR count). The van der Waals surface area contributed by atoms with Gasteiger partial charge >= 0.3 is 5.97 Å². The van der Waals surface area contributed by atoms with Gasteiger partial charge in [0.15, 0.2) is 0 Å². The summed E-state index contributed by atoms with van der Waals surface area (Å²) in [4.78, 5) is 11.1. The van der Waals surface area contributed by atoms with Gasteiger partial charge in [-0.25, -0.2) is 4.79 Å². The van der Waals surface area contributed by atoms with Crippen molar-refractivity contribution < 1.29 is 14.6 Å². The Labute approximate surface area is 91.1 Å². The Hall–Kier alpha value is -0.990. The van der Waals surface area contributed by atoms with Crippen LogP contribution in [0.4, 0.5) is 0 Å². The average molecular weight is 212 g/mol. The Morgan fingerprint density at radius 1 is 1.20 bits per heavy atom. The minimum absolute atomic E-state index is 0.0734. The average Bonchev–Trinajstić information content (AvgIpc) is 2.54. The van der Waals surface area contributed by atoms with E-state index in [4.69, 9.17) is 4.74 Å². The molecule has 0 amide bonds. The zero-order valence-electron chi connectivity index (χ0n) is 9.42. The van der Waals surface area contributed by atoms with Crippen LogP contribution in [-0.4, -0.2) is 17.7 Å². The van der Waals surface area contributed by atoms with E-state index in [1.807, 2.05) is 0 Å². The topological polar surface area (TPSA) is 46.5 Å². The van der Waals surface area contributed by atoms with E-state index in [-0.39, 0.29) is 18.3 Å². The maximum Gasteiger partial charge on any atom is 0.337 e. The summed E-state index contributed by atoms with van der Waals surface area (Å²) in [6.07, 6.45) is 7.79. The Morgan fingerprint density at radius 2 is 1.87 bits per heavy atom. The van der Waals surface area contributed by atoms with Crippen LogP contribution in [0.5, 0.6) is 0 Å². The molecule has 1 N–H and O–H groups in total. The lowest BCUT2D eigenvalue weighted by Crippen LogP contribution is -1.99. The summed E-state index contributed by atoms with van der Waals surface area (Å²) in [5.41, 5.74) is 0.491. The number of cyclic esters (lactones) is 1. The molecule has 0 atom stereocenters. The van der Waals surface area contributed by atoms with Gasteiger partial charge in [0.1, 0.15) is 12.4 Å². The van der Waals surface area contributed by atoms with E-state index in [0.29, 0.717) is 12.0 Å². The summed E-state index contributed by atoms with van der Waals surface area (Å²) in [6.45, 7) is 2.27. The van der Waals surface area contributed by atoms with Gasteiger partial charge in [-0.05, 0) is 12.8 Å². The highest BCUT2D eigenvalue weighted by molar-refractivity contribution is 5.91. The Bertz CT molecular complexity index is 243. The van der Waals surface area contributed by atoms with Gasteiger partial charge in [-0.2, -0.15) is 0 Å². The molecule has 0 saturated carbocycles. The molecule has 0 aliphatic carbocycles. The Balaban J connectivity index is 2.10. The summed E-state index contributed by atoms with van der Waals surface area (Å²) in [7, 11) is 0. The molecule has 0 bridgehead atoms. The minimum Gasteiger partial charge on any atom is -0.508 e. The number of aliphatic hydroxyl groups excluding tert-OH is 1. The van der Waals surface area contributed by atoms with Crippen molar-refractivity contribution in [3.8, 4) is 0 Å². The molecule has 3 heteroatoms. The lowest BCUT2D eigenvalue weighted by atomic mass is 10.1. The van der Waals surface area contributed by atoms with Crippen LogP contribution in [0.3, 0.4) is 0 Å². The fourth-order valence-electron chi connectivity index (χ4n) is 1.75. The van der Waals surface area contributed by atoms with Crippen LogP contribution in [0, 0.1) is 0 Å². The van der Waals surface area contributed by atoms with Gasteiger partial charge in [-0.3, -0.25) is 0 Å². The number of rotatable bonds is 7. The van der Waals surface area contributed by atoms with Crippen molar-refractivity contribution in [2.45, 2.75) is 51.9 Å². The van der Waals surface area contributed by atoms with E-state index >= 15 is 0 Å². The summed E-state index contributed by atoms with van der Waals surface area (Å²) in [5, 5.41) is 9.33. The largest absolute Gasteiger partial charge is 0.508 e. The number of carbonyl (C=O) groups excluding carboxylic acids is 1. The maximum absolute atomic E-state index is 11.1. The molecular formula is C12H20O3. The zero-order chi connectivity index (χ0) is 11.1. The molecule has 0 aromatic carbocycles. The number of carbonyl (C=O) groups is 1. The highest BCUT2D eigenvalue weighted by Crippen LogP contribution is 2.20. The highest BCUT2D eigenvalue weighted by atomic mass is 16.5. The number of ether oxygens (including phenoxy) is 1. The molecule has 1 heterocycles. The maximum atomic E-state index is 11.1. The SMILES string of the molecule is CCCCCCCCC1=C(O)COC1=O. The van der Waals surface area contributed by atoms with E-state index in [2.05, 4.69) is 6.92 Å². The standard InChI is InChI=1S/C12H20O3/c1-2-3-4-5-6-7-8-10-11(13)9-15-12(10)14/h13H,2-9H2,1H3. The van der Waals surface area contributed by atoms with E-state index in [9.17, 15) is 9.90 Å². The summed E-state index contributed by atoms with van der Waals surface area (Å²) < 4.78 is 4.71. The molecule has 0 radical (unpaired) electrons. The second-order valence-corrected chi connectivity index (χ2v) is 4.02. The van der Waals surface area contributed by atoms with E-state index in [1.54, 1.807) is 0 Å². The second kappa shape index (κ2) is 6.49. The molecule has 1 aliphatic heterocycles. The van der Waals surface area contributed by atoms with Crippen molar-refractivity contribution in [3.63, 3.8) is 0 Å². The van der Waals surface area contributed by atoms with E-state index in [1.165, 1.54) is 25.7 Å². The summed E-state index contributed by atoms with van der Waals surface area (Å²) in [6, 6.07) is 0. The fraction of sp³-hybridized carbons (Fsp3) is 0.750. The van der Waals surface area contributed by atoms with Gasteiger partial charge < -0.3 is 9.84 Å². The van der Waals surface area contributed by atoms with Crippen molar-refractivity contribution >= 4 is 5.97 Å². The van der Waals surface area contributed by atoms with Crippen LogP contribution in [0.15, 0.2) is 11.3 Å². The van der Waals surface area contributed by atoms with Crippen molar-refractivity contribution in [3.05, 3.63) is 11.3 Å². The molecule has 1 aliphatic rings. The van der Waals surface area contributed by atoms with E-state index < -0.39 is 0 Å². The van der Waals surface area contributed by atoms with Crippen molar-refractivity contribution in [1.29, 1.82) is 0 Å². The zero-order valence-corrected chi connectivity index (χ0v) is 9.42. The van der Waals surface area contributed by atoms with Crippen molar-refractivity contribution in [2.75, 3.05) is 6.61 Å². The lowest BCUT2D eigenvalue weighted by molar-refractivity contribution is -0.136. The third kappa shape index (κ3) is 3.94.